The maximum Gasteiger partial charge on any atom is 0.321 e. The number of halogens is 1. The molecule has 0 saturated carbocycles. The van der Waals surface area contributed by atoms with Crippen molar-refractivity contribution in [1.29, 1.82) is 0 Å². The van der Waals surface area contributed by atoms with Gasteiger partial charge >= 0.3 is 5.97 Å². The van der Waals surface area contributed by atoms with Gasteiger partial charge in [0.2, 0.25) is 10.0 Å². The highest BCUT2D eigenvalue weighted by Crippen LogP contribution is 2.15. The summed E-state index contributed by atoms with van der Waals surface area (Å²) >= 11 is 5.93. The average molecular weight is 340 g/mol. The van der Waals surface area contributed by atoms with Gasteiger partial charge in [0.25, 0.3) is 0 Å². The van der Waals surface area contributed by atoms with Crippen molar-refractivity contribution in [3.8, 4) is 0 Å². The third-order valence-corrected chi connectivity index (χ3v) is 4.59. The highest BCUT2D eigenvalue weighted by Gasteiger charge is 2.15. The van der Waals surface area contributed by atoms with E-state index in [4.69, 9.17) is 16.3 Å². The minimum Gasteiger partial charge on any atom is -0.460 e. The van der Waals surface area contributed by atoms with Gasteiger partial charge in [-0.2, -0.15) is 4.72 Å². The van der Waals surface area contributed by atoms with Crippen LogP contribution in [0.3, 0.4) is 0 Å². The lowest BCUT2D eigenvalue weighted by Crippen LogP contribution is -2.30. The van der Waals surface area contributed by atoms with Gasteiger partial charge in [-0.15, -0.1) is 0 Å². The fourth-order valence-corrected chi connectivity index (χ4v) is 2.84. The van der Waals surface area contributed by atoms with Gasteiger partial charge in [0, 0.05) is 10.6 Å². The first kappa shape index (κ1) is 16.5. The van der Waals surface area contributed by atoms with Crippen molar-refractivity contribution in [2.45, 2.75) is 11.5 Å². The van der Waals surface area contributed by atoms with Gasteiger partial charge in [-0.25, -0.2) is 8.42 Å². The summed E-state index contributed by atoms with van der Waals surface area (Å²) in [7, 11) is -3.72. The Hall–Kier alpha value is -1.89. The van der Waals surface area contributed by atoms with Crippen molar-refractivity contribution in [3.63, 3.8) is 0 Å². The largest absolute Gasteiger partial charge is 0.460 e. The molecule has 0 aliphatic heterocycles. The Morgan fingerprint density at radius 3 is 2.36 bits per heavy atom. The number of hydrogen-bond donors (Lipinski definition) is 1. The van der Waals surface area contributed by atoms with E-state index in [9.17, 15) is 13.2 Å². The van der Waals surface area contributed by atoms with E-state index in [1.165, 1.54) is 12.1 Å². The fraction of sp³-hybridized carbons (Fsp3) is 0.133. The van der Waals surface area contributed by atoms with Crippen molar-refractivity contribution in [3.05, 3.63) is 65.2 Å². The molecule has 0 aromatic heterocycles. The zero-order valence-electron chi connectivity index (χ0n) is 11.5. The van der Waals surface area contributed by atoms with Crippen LogP contribution in [-0.4, -0.2) is 20.9 Å². The minimum atomic E-state index is -3.72. The van der Waals surface area contributed by atoms with Crippen LogP contribution in [0.5, 0.6) is 0 Å². The summed E-state index contributed by atoms with van der Waals surface area (Å²) in [6.45, 7) is -0.451. The quantitative estimate of drug-likeness (QED) is 0.820. The van der Waals surface area contributed by atoms with E-state index < -0.39 is 22.5 Å². The van der Waals surface area contributed by atoms with Crippen molar-refractivity contribution in [2.24, 2.45) is 0 Å². The van der Waals surface area contributed by atoms with E-state index in [0.717, 1.165) is 0 Å². The van der Waals surface area contributed by atoms with Crippen LogP contribution in [-0.2, 0) is 26.2 Å². The van der Waals surface area contributed by atoms with Crippen LogP contribution in [0.2, 0.25) is 5.02 Å². The molecule has 0 amide bonds. The standard InChI is InChI=1S/C15H14ClNO4S/c16-14-9-5-4-6-12(14)11-21-15(18)10-17-22(19,20)13-7-2-1-3-8-13/h1-9,17H,10-11H2. The number of sulfonamides is 1. The fourth-order valence-electron chi connectivity index (χ4n) is 1.66. The summed E-state index contributed by atoms with van der Waals surface area (Å²) in [6.07, 6.45) is 0. The van der Waals surface area contributed by atoms with E-state index in [2.05, 4.69) is 4.72 Å². The first-order chi connectivity index (χ1) is 10.5. The molecular weight excluding hydrogens is 326 g/mol. The number of esters is 1. The summed E-state index contributed by atoms with van der Waals surface area (Å²) in [5.41, 5.74) is 0.656. The molecule has 116 valence electrons. The Kier molecular flexibility index (Phi) is 5.54. The molecule has 0 fully saturated rings. The molecule has 22 heavy (non-hydrogen) atoms. The highest BCUT2D eigenvalue weighted by molar-refractivity contribution is 7.89. The Morgan fingerprint density at radius 2 is 1.68 bits per heavy atom. The number of hydrogen-bond acceptors (Lipinski definition) is 4. The zero-order valence-corrected chi connectivity index (χ0v) is 13.1. The topological polar surface area (TPSA) is 72.5 Å². The Bertz CT molecular complexity index is 747. The molecule has 0 aliphatic carbocycles. The Labute approximate surface area is 133 Å². The summed E-state index contributed by atoms with van der Waals surface area (Å²) in [4.78, 5) is 11.7. The molecule has 0 spiro atoms. The molecule has 2 aromatic rings. The van der Waals surface area contributed by atoms with Crippen LogP contribution >= 0.6 is 11.6 Å². The number of carbonyl (C=O) groups is 1. The molecule has 0 radical (unpaired) electrons. The number of nitrogens with one attached hydrogen (secondary N) is 1. The van der Waals surface area contributed by atoms with Crippen molar-refractivity contribution < 1.29 is 17.9 Å². The van der Waals surface area contributed by atoms with Crippen LogP contribution in [0.4, 0.5) is 0 Å². The smallest absolute Gasteiger partial charge is 0.321 e. The number of ether oxygens (including phenoxy) is 1. The van der Waals surface area contributed by atoms with E-state index in [1.54, 1.807) is 42.5 Å². The number of rotatable bonds is 6. The molecule has 0 heterocycles. The molecule has 1 N–H and O–H groups in total. The van der Waals surface area contributed by atoms with E-state index in [1.807, 2.05) is 0 Å². The summed E-state index contributed by atoms with van der Waals surface area (Å²) in [6, 6.07) is 14.7. The molecule has 5 nitrogen and oxygen atoms in total. The molecule has 0 unspecified atom stereocenters. The van der Waals surface area contributed by atoms with Crippen molar-refractivity contribution >= 4 is 27.6 Å². The molecular formula is C15H14ClNO4S. The molecule has 2 aromatic carbocycles. The highest BCUT2D eigenvalue weighted by atomic mass is 35.5. The monoisotopic (exact) mass is 339 g/mol. The maximum absolute atomic E-state index is 11.9. The van der Waals surface area contributed by atoms with Gasteiger partial charge in [-0.05, 0) is 18.2 Å². The zero-order chi connectivity index (χ0) is 16.0. The second kappa shape index (κ2) is 7.40. The number of carbonyl (C=O) groups excluding carboxylic acids is 1. The Balaban J connectivity index is 1.87. The molecule has 0 atom stereocenters. The molecule has 0 bridgehead atoms. The third-order valence-electron chi connectivity index (χ3n) is 2.81. The van der Waals surface area contributed by atoms with Crippen LogP contribution in [0.1, 0.15) is 5.56 Å². The van der Waals surface area contributed by atoms with Gasteiger partial charge in [-0.1, -0.05) is 48.0 Å². The predicted octanol–water partition coefficient (Wildman–Crippen LogP) is 2.36. The van der Waals surface area contributed by atoms with Gasteiger partial charge in [-0.3, -0.25) is 4.79 Å². The first-order valence-corrected chi connectivity index (χ1v) is 8.29. The van der Waals surface area contributed by atoms with Gasteiger partial charge in [0.1, 0.15) is 13.2 Å². The maximum atomic E-state index is 11.9. The average Bonchev–Trinajstić information content (AvgIpc) is 2.53. The summed E-state index contributed by atoms with van der Waals surface area (Å²) < 4.78 is 31.0. The van der Waals surface area contributed by atoms with E-state index >= 15 is 0 Å². The third kappa shape index (κ3) is 4.56. The second-order valence-electron chi connectivity index (χ2n) is 4.39. The van der Waals surface area contributed by atoms with Crippen LogP contribution in [0.25, 0.3) is 0 Å². The van der Waals surface area contributed by atoms with Crippen molar-refractivity contribution in [1.82, 2.24) is 4.72 Å². The van der Waals surface area contributed by atoms with Gasteiger partial charge in [0.05, 0.1) is 4.90 Å². The lowest BCUT2D eigenvalue weighted by molar-refractivity contribution is -0.143. The molecule has 0 aliphatic rings. The number of benzene rings is 2. The normalized spacial score (nSPS) is 11.1. The predicted molar refractivity (Wildman–Crippen MR) is 82.9 cm³/mol. The van der Waals surface area contributed by atoms with E-state index in [-0.39, 0.29) is 11.5 Å². The Morgan fingerprint density at radius 1 is 1.05 bits per heavy atom. The summed E-state index contributed by atoms with van der Waals surface area (Å²) in [5.74, 6) is -0.681. The molecule has 7 heteroatoms. The van der Waals surface area contributed by atoms with Crippen LogP contribution in [0, 0.1) is 0 Å². The van der Waals surface area contributed by atoms with Crippen molar-refractivity contribution in [2.75, 3.05) is 6.54 Å². The minimum absolute atomic E-state index is 0.00836. The van der Waals surface area contributed by atoms with Crippen LogP contribution in [0.15, 0.2) is 59.5 Å². The molecule has 0 saturated heterocycles. The SMILES string of the molecule is O=C(CNS(=O)(=O)c1ccccc1)OCc1ccccc1Cl. The summed E-state index contributed by atoms with van der Waals surface area (Å²) in [5, 5.41) is 0.486. The lowest BCUT2D eigenvalue weighted by atomic mass is 10.2. The van der Waals surface area contributed by atoms with Gasteiger partial charge < -0.3 is 4.74 Å². The second-order valence-corrected chi connectivity index (χ2v) is 6.56. The van der Waals surface area contributed by atoms with Crippen LogP contribution < -0.4 is 4.72 Å². The first-order valence-electron chi connectivity index (χ1n) is 6.43. The lowest BCUT2D eigenvalue weighted by Gasteiger charge is -2.08. The molecule has 2 rings (SSSR count). The van der Waals surface area contributed by atoms with E-state index in [0.29, 0.717) is 10.6 Å². The van der Waals surface area contributed by atoms with Gasteiger partial charge in [0.15, 0.2) is 0 Å².